The van der Waals surface area contributed by atoms with Crippen LogP contribution >= 0.6 is 0 Å². The molecule has 1 aromatic carbocycles. The molecule has 140 valence electrons. The lowest BCUT2D eigenvalue weighted by Gasteiger charge is -2.36. The second kappa shape index (κ2) is 7.54. The lowest BCUT2D eigenvalue weighted by Crippen LogP contribution is -2.55. The first kappa shape index (κ1) is 18.5. The van der Waals surface area contributed by atoms with E-state index in [0.29, 0.717) is 31.6 Å². The zero-order chi connectivity index (χ0) is 18.7. The lowest BCUT2D eigenvalue weighted by molar-refractivity contribution is -0.142. The highest BCUT2D eigenvalue weighted by Crippen LogP contribution is 2.29. The predicted molar refractivity (Wildman–Crippen MR) is 88.4 cm³/mol. The summed E-state index contributed by atoms with van der Waals surface area (Å²) in [6.07, 6.45) is 0.503. The number of benzene rings is 1. The van der Waals surface area contributed by atoms with Crippen molar-refractivity contribution in [3.05, 3.63) is 29.6 Å². The van der Waals surface area contributed by atoms with Gasteiger partial charge in [0.25, 0.3) is 5.92 Å². The quantitative estimate of drug-likeness (QED) is 0.891. The molecule has 2 fully saturated rings. The fourth-order valence-electron chi connectivity index (χ4n) is 3.36. The van der Waals surface area contributed by atoms with E-state index in [9.17, 15) is 18.0 Å². The number of ether oxygens (including phenoxy) is 1. The van der Waals surface area contributed by atoms with Gasteiger partial charge in [0.2, 0.25) is 5.91 Å². The summed E-state index contributed by atoms with van der Waals surface area (Å²) in [6.45, 7) is 0.693. The fraction of sp³-hybridized carbons (Fsp3) is 0.556. The Balaban J connectivity index is 1.56. The number of hydrogen-bond donors (Lipinski definition) is 1. The van der Waals surface area contributed by atoms with Gasteiger partial charge >= 0.3 is 0 Å². The minimum Gasteiger partial charge on any atom is -0.379 e. The molecular weight excluding hydrogens is 347 g/mol. The van der Waals surface area contributed by atoms with Gasteiger partial charge in [-0.15, -0.1) is 0 Å². The van der Waals surface area contributed by atoms with Gasteiger partial charge in [-0.25, -0.2) is 13.2 Å². The van der Waals surface area contributed by atoms with Crippen molar-refractivity contribution in [2.24, 2.45) is 5.92 Å². The number of piperidine rings is 1. The molecule has 5 nitrogen and oxygen atoms in total. The lowest BCUT2D eigenvalue weighted by atomic mass is 9.94. The number of carbonyl (C=O) groups excluding carboxylic acids is 1. The first-order chi connectivity index (χ1) is 12.4. The third-order valence-electron chi connectivity index (χ3n) is 4.97. The molecule has 1 atom stereocenters. The van der Waals surface area contributed by atoms with E-state index < -0.39 is 30.1 Å². The Bertz CT molecular complexity index is 712. The molecule has 1 aromatic rings. The molecular formula is C18H20F3N3O2. The van der Waals surface area contributed by atoms with Crippen LogP contribution in [0.15, 0.2) is 18.2 Å². The Labute approximate surface area is 149 Å². The molecule has 1 N–H and O–H groups in total. The highest BCUT2D eigenvalue weighted by molar-refractivity contribution is 5.79. The molecule has 1 unspecified atom stereocenters. The van der Waals surface area contributed by atoms with Crippen LogP contribution in [0.4, 0.5) is 18.9 Å². The summed E-state index contributed by atoms with van der Waals surface area (Å²) in [5, 5.41) is 11.2. The van der Waals surface area contributed by atoms with E-state index >= 15 is 0 Å². The number of alkyl halides is 2. The summed E-state index contributed by atoms with van der Waals surface area (Å²) >= 11 is 0. The second-order valence-electron chi connectivity index (χ2n) is 6.69. The Kier molecular flexibility index (Phi) is 5.37. The summed E-state index contributed by atoms with van der Waals surface area (Å²) in [7, 11) is 0. The van der Waals surface area contributed by atoms with Crippen molar-refractivity contribution >= 4 is 11.6 Å². The van der Waals surface area contributed by atoms with Gasteiger partial charge in [0.05, 0.1) is 30.5 Å². The summed E-state index contributed by atoms with van der Waals surface area (Å²) in [6, 6.07) is 4.86. The van der Waals surface area contributed by atoms with Crippen LogP contribution in [-0.4, -0.2) is 44.2 Å². The van der Waals surface area contributed by atoms with E-state index in [-0.39, 0.29) is 24.7 Å². The molecule has 2 aliphatic heterocycles. The van der Waals surface area contributed by atoms with E-state index in [1.165, 1.54) is 6.07 Å². The minimum atomic E-state index is -2.96. The molecule has 26 heavy (non-hydrogen) atoms. The maximum absolute atomic E-state index is 14.1. The molecule has 1 amide bonds. The summed E-state index contributed by atoms with van der Waals surface area (Å²) in [5.41, 5.74) is 0.631. The smallest absolute Gasteiger partial charge is 0.272 e. The molecule has 0 radical (unpaired) electrons. The maximum Gasteiger partial charge on any atom is 0.272 e. The minimum absolute atomic E-state index is 0.00604. The van der Waals surface area contributed by atoms with Crippen LogP contribution in [0.1, 0.15) is 24.8 Å². The van der Waals surface area contributed by atoms with E-state index in [0.717, 1.165) is 0 Å². The highest BCUT2D eigenvalue weighted by Gasteiger charge is 2.44. The van der Waals surface area contributed by atoms with Crippen molar-refractivity contribution in [2.75, 3.05) is 31.2 Å². The van der Waals surface area contributed by atoms with Gasteiger partial charge < -0.3 is 15.0 Å². The third-order valence-corrected chi connectivity index (χ3v) is 4.97. The van der Waals surface area contributed by atoms with Gasteiger partial charge in [0.15, 0.2) is 0 Å². The number of halogens is 3. The zero-order valence-electron chi connectivity index (χ0n) is 14.2. The number of nitriles is 1. The van der Waals surface area contributed by atoms with Gasteiger partial charge in [-0.2, -0.15) is 5.26 Å². The normalized spacial score (nSPS) is 23.3. The molecule has 0 bridgehead atoms. The number of hydrogen-bond acceptors (Lipinski definition) is 4. The number of rotatable bonds is 3. The molecule has 2 saturated heterocycles. The van der Waals surface area contributed by atoms with Crippen LogP contribution in [0, 0.1) is 23.1 Å². The van der Waals surface area contributed by atoms with Crippen molar-refractivity contribution in [2.45, 2.75) is 31.2 Å². The van der Waals surface area contributed by atoms with Gasteiger partial charge in [-0.05, 0) is 31.0 Å². The molecule has 2 aliphatic rings. The third kappa shape index (κ3) is 3.93. The Morgan fingerprint density at radius 2 is 2.08 bits per heavy atom. The van der Waals surface area contributed by atoms with Crippen LogP contribution < -0.4 is 10.2 Å². The predicted octanol–water partition coefficient (Wildman–Crippen LogP) is 2.45. The Morgan fingerprint density at radius 3 is 2.69 bits per heavy atom. The van der Waals surface area contributed by atoms with E-state index in [1.807, 2.05) is 6.07 Å². The van der Waals surface area contributed by atoms with E-state index in [4.69, 9.17) is 10.00 Å². The average Bonchev–Trinajstić information content (AvgIpc) is 2.63. The molecule has 0 aliphatic carbocycles. The Hall–Kier alpha value is -2.27. The summed E-state index contributed by atoms with van der Waals surface area (Å²) < 4.78 is 46.8. The van der Waals surface area contributed by atoms with Crippen molar-refractivity contribution < 1.29 is 22.7 Å². The first-order valence-electron chi connectivity index (χ1n) is 8.61. The van der Waals surface area contributed by atoms with Crippen LogP contribution in [0.3, 0.4) is 0 Å². The van der Waals surface area contributed by atoms with Crippen LogP contribution in [-0.2, 0) is 9.53 Å². The number of amides is 1. The molecule has 0 aromatic heterocycles. The molecule has 0 spiro atoms. The van der Waals surface area contributed by atoms with E-state index in [2.05, 4.69) is 5.32 Å². The monoisotopic (exact) mass is 367 g/mol. The number of carbonyl (C=O) groups is 1. The largest absolute Gasteiger partial charge is 0.379 e. The second-order valence-corrected chi connectivity index (χ2v) is 6.69. The number of nitrogens with one attached hydrogen (secondary N) is 1. The Morgan fingerprint density at radius 1 is 1.35 bits per heavy atom. The number of nitrogens with zero attached hydrogens (tertiary/aromatic N) is 2. The SMILES string of the molecule is N#Cc1ccc(N2CCC(C(=O)NC3COCCC3(F)F)CC2)c(F)c1. The van der Waals surface area contributed by atoms with Gasteiger partial charge in [0.1, 0.15) is 11.9 Å². The highest BCUT2D eigenvalue weighted by atomic mass is 19.3. The maximum atomic E-state index is 14.1. The fourth-order valence-corrected chi connectivity index (χ4v) is 3.36. The van der Waals surface area contributed by atoms with E-state index in [1.54, 1.807) is 17.0 Å². The summed E-state index contributed by atoms with van der Waals surface area (Å²) in [4.78, 5) is 14.1. The number of anilines is 1. The van der Waals surface area contributed by atoms with Crippen LogP contribution in [0.5, 0.6) is 0 Å². The topological polar surface area (TPSA) is 65.4 Å². The van der Waals surface area contributed by atoms with Gasteiger partial charge in [-0.1, -0.05) is 0 Å². The zero-order valence-corrected chi connectivity index (χ0v) is 14.2. The molecule has 3 rings (SSSR count). The van der Waals surface area contributed by atoms with Gasteiger partial charge in [0, 0.05) is 25.4 Å². The van der Waals surface area contributed by atoms with Crippen LogP contribution in [0.2, 0.25) is 0 Å². The van der Waals surface area contributed by atoms with Crippen LogP contribution in [0.25, 0.3) is 0 Å². The van der Waals surface area contributed by atoms with Gasteiger partial charge in [-0.3, -0.25) is 4.79 Å². The average molecular weight is 367 g/mol. The molecule has 8 heteroatoms. The van der Waals surface area contributed by atoms with Crippen molar-refractivity contribution in [3.8, 4) is 6.07 Å². The molecule has 0 saturated carbocycles. The van der Waals surface area contributed by atoms with Crippen molar-refractivity contribution in [3.63, 3.8) is 0 Å². The van der Waals surface area contributed by atoms with Crippen molar-refractivity contribution in [1.82, 2.24) is 5.32 Å². The van der Waals surface area contributed by atoms with Crippen molar-refractivity contribution in [1.29, 1.82) is 5.26 Å². The first-order valence-corrected chi connectivity index (χ1v) is 8.61. The standard InChI is InChI=1S/C18H20F3N3O2/c19-14-9-12(10-22)1-2-15(14)24-6-3-13(4-7-24)17(25)23-16-11-26-8-5-18(16,20)21/h1-2,9,13,16H,3-8,11H2,(H,23,25). The summed E-state index contributed by atoms with van der Waals surface area (Å²) in [5.74, 6) is -4.23. The molecule has 2 heterocycles.